The van der Waals surface area contributed by atoms with E-state index in [1.165, 1.54) is 36.0 Å². The molecular formula is C23H29ClN2O2. The van der Waals surface area contributed by atoms with E-state index >= 15 is 0 Å². The third-order valence-corrected chi connectivity index (χ3v) is 5.59. The Balaban J connectivity index is 0.00000225. The molecule has 1 amide bonds. The van der Waals surface area contributed by atoms with Gasteiger partial charge in [-0.05, 0) is 54.9 Å². The van der Waals surface area contributed by atoms with E-state index in [9.17, 15) is 4.79 Å². The maximum absolute atomic E-state index is 12.2. The molecule has 1 aliphatic heterocycles. The van der Waals surface area contributed by atoms with Crippen molar-refractivity contribution in [2.45, 2.75) is 45.2 Å². The van der Waals surface area contributed by atoms with E-state index in [2.05, 4.69) is 29.6 Å². The van der Waals surface area contributed by atoms with Crippen molar-refractivity contribution in [3.8, 4) is 5.75 Å². The largest absolute Gasteiger partial charge is 0.483 e. The number of para-hydroxylation sites is 1. The lowest BCUT2D eigenvalue weighted by atomic mass is 10.1. The van der Waals surface area contributed by atoms with Gasteiger partial charge in [0, 0.05) is 31.7 Å². The van der Waals surface area contributed by atoms with Gasteiger partial charge in [-0.3, -0.25) is 4.79 Å². The van der Waals surface area contributed by atoms with Crippen LogP contribution >= 0.6 is 12.4 Å². The van der Waals surface area contributed by atoms with Gasteiger partial charge in [-0.2, -0.15) is 0 Å². The molecule has 0 saturated carbocycles. The molecule has 0 bridgehead atoms. The summed E-state index contributed by atoms with van der Waals surface area (Å²) in [6, 6.07) is 14.8. The second kappa shape index (κ2) is 9.94. The molecule has 28 heavy (non-hydrogen) atoms. The fraction of sp³-hybridized carbons (Fsp3) is 0.435. The molecule has 0 aromatic heterocycles. The topological polar surface area (TPSA) is 41.6 Å². The average Bonchev–Trinajstić information content (AvgIpc) is 3.38. The zero-order valence-electron chi connectivity index (χ0n) is 16.3. The number of halogens is 1. The highest BCUT2D eigenvalue weighted by molar-refractivity contribution is 5.85. The van der Waals surface area contributed by atoms with Crippen LogP contribution in [0.1, 0.15) is 41.5 Å². The summed E-state index contributed by atoms with van der Waals surface area (Å²) < 4.78 is 5.84. The highest BCUT2D eigenvalue weighted by Gasteiger charge is 2.18. The minimum absolute atomic E-state index is 0. The van der Waals surface area contributed by atoms with Gasteiger partial charge in [-0.1, -0.05) is 36.4 Å². The van der Waals surface area contributed by atoms with E-state index in [0.717, 1.165) is 50.3 Å². The molecule has 0 spiro atoms. The van der Waals surface area contributed by atoms with Crippen molar-refractivity contribution in [1.82, 2.24) is 10.2 Å². The molecule has 150 valence electrons. The molecule has 2 aromatic rings. The third kappa shape index (κ3) is 5.06. The lowest BCUT2D eigenvalue weighted by molar-refractivity contribution is -0.132. The standard InChI is InChI=1S/C23H28N2O2.ClH/c26-23(25-12-3-4-13-25)17-27-22-9-2-1-6-21(22)16-24-15-18-10-11-19-7-5-8-20(19)14-18;/h1-2,6,9-11,14,24H,3-5,7-8,12-13,15-17H2;1H. The maximum Gasteiger partial charge on any atom is 0.260 e. The van der Waals surface area contributed by atoms with Gasteiger partial charge >= 0.3 is 0 Å². The lowest BCUT2D eigenvalue weighted by Gasteiger charge is -2.17. The molecule has 1 N–H and O–H groups in total. The Bertz CT molecular complexity index is 803. The molecule has 0 unspecified atom stereocenters. The second-order valence-corrected chi connectivity index (χ2v) is 7.54. The van der Waals surface area contributed by atoms with Crippen LogP contribution in [0.5, 0.6) is 5.75 Å². The summed E-state index contributed by atoms with van der Waals surface area (Å²) in [6.07, 6.45) is 5.94. The predicted molar refractivity (Wildman–Crippen MR) is 114 cm³/mol. The quantitative estimate of drug-likeness (QED) is 0.766. The molecule has 1 heterocycles. The summed E-state index contributed by atoms with van der Waals surface area (Å²) in [6.45, 7) is 3.43. The number of likely N-dealkylation sites (tertiary alicyclic amines) is 1. The molecule has 1 fully saturated rings. The Hall–Kier alpha value is -2.04. The van der Waals surface area contributed by atoms with Crippen molar-refractivity contribution in [2.24, 2.45) is 0 Å². The molecular weight excluding hydrogens is 372 g/mol. The number of hydrogen-bond acceptors (Lipinski definition) is 3. The predicted octanol–water partition coefficient (Wildman–Crippen LogP) is 3.89. The first kappa shape index (κ1) is 20.7. The van der Waals surface area contributed by atoms with E-state index in [1.54, 1.807) is 0 Å². The monoisotopic (exact) mass is 400 g/mol. The van der Waals surface area contributed by atoms with E-state index in [4.69, 9.17) is 4.74 Å². The number of carbonyl (C=O) groups is 1. The minimum atomic E-state index is 0. The molecule has 5 heteroatoms. The Morgan fingerprint density at radius 2 is 1.75 bits per heavy atom. The number of nitrogens with one attached hydrogen (secondary N) is 1. The fourth-order valence-corrected chi connectivity index (χ4v) is 4.06. The maximum atomic E-state index is 12.2. The average molecular weight is 401 g/mol. The first-order valence-corrected chi connectivity index (χ1v) is 10.1. The lowest BCUT2D eigenvalue weighted by Crippen LogP contribution is -2.32. The summed E-state index contributed by atoms with van der Waals surface area (Å²) in [7, 11) is 0. The highest BCUT2D eigenvalue weighted by atomic mass is 35.5. The van der Waals surface area contributed by atoms with Crippen molar-refractivity contribution in [3.05, 3.63) is 64.7 Å². The number of benzene rings is 2. The zero-order valence-corrected chi connectivity index (χ0v) is 17.1. The molecule has 2 aromatic carbocycles. The summed E-state index contributed by atoms with van der Waals surface area (Å²) >= 11 is 0. The van der Waals surface area contributed by atoms with Gasteiger partial charge in [0.05, 0.1) is 0 Å². The Morgan fingerprint density at radius 3 is 2.61 bits per heavy atom. The first-order valence-electron chi connectivity index (χ1n) is 10.1. The third-order valence-electron chi connectivity index (χ3n) is 5.59. The summed E-state index contributed by atoms with van der Waals surface area (Å²) in [5.74, 6) is 0.889. The van der Waals surface area contributed by atoms with Crippen molar-refractivity contribution >= 4 is 18.3 Å². The summed E-state index contributed by atoms with van der Waals surface area (Å²) in [5, 5.41) is 3.52. The SMILES string of the molecule is Cl.O=C(COc1ccccc1CNCc1ccc2c(c1)CCC2)N1CCCC1. The van der Waals surface area contributed by atoms with E-state index in [-0.39, 0.29) is 24.9 Å². The number of ether oxygens (including phenoxy) is 1. The van der Waals surface area contributed by atoms with E-state index in [1.807, 2.05) is 23.1 Å². The van der Waals surface area contributed by atoms with Gasteiger partial charge < -0.3 is 15.0 Å². The Labute approximate surface area is 173 Å². The fourth-order valence-electron chi connectivity index (χ4n) is 4.06. The van der Waals surface area contributed by atoms with Crippen molar-refractivity contribution < 1.29 is 9.53 Å². The van der Waals surface area contributed by atoms with Crippen LogP contribution in [-0.2, 0) is 30.7 Å². The highest BCUT2D eigenvalue weighted by Crippen LogP contribution is 2.23. The smallest absolute Gasteiger partial charge is 0.260 e. The number of aryl methyl sites for hydroxylation is 2. The van der Waals surface area contributed by atoms with Crippen molar-refractivity contribution in [1.29, 1.82) is 0 Å². The number of nitrogens with zero attached hydrogens (tertiary/aromatic N) is 1. The number of hydrogen-bond donors (Lipinski definition) is 1. The Morgan fingerprint density at radius 1 is 0.964 bits per heavy atom. The number of fused-ring (bicyclic) bond motifs is 1. The normalized spacial score (nSPS) is 15.2. The summed E-state index contributed by atoms with van der Waals surface area (Å²) in [4.78, 5) is 14.1. The molecule has 0 atom stereocenters. The van der Waals surface area contributed by atoms with Crippen LogP contribution in [0.25, 0.3) is 0 Å². The molecule has 4 rings (SSSR count). The first-order chi connectivity index (χ1) is 13.3. The van der Waals surface area contributed by atoms with Crippen LogP contribution in [-0.4, -0.2) is 30.5 Å². The van der Waals surface area contributed by atoms with Crippen LogP contribution in [0, 0.1) is 0 Å². The van der Waals surface area contributed by atoms with Crippen LogP contribution in [0.15, 0.2) is 42.5 Å². The van der Waals surface area contributed by atoms with E-state index in [0.29, 0.717) is 0 Å². The van der Waals surface area contributed by atoms with Gasteiger partial charge in [-0.15, -0.1) is 12.4 Å². The zero-order chi connectivity index (χ0) is 18.5. The summed E-state index contributed by atoms with van der Waals surface area (Å²) in [5.41, 5.74) is 5.45. The number of carbonyl (C=O) groups excluding carboxylic acids is 1. The molecule has 1 aliphatic carbocycles. The van der Waals surface area contributed by atoms with Gasteiger partial charge in [0.25, 0.3) is 5.91 Å². The van der Waals surface area contributed by atoms with Crippen molar-refractivity contribution in [3.63, 3.8) is 0 Å². The van der Waals surface area contributed by atoms with Gasteiger partial charge in [0.15, 0.2) is 6.61 Å². The Kier molecular flexibility index (Phi) is 7.35. The molecule has 2 aliphatic rings. The number of rotatable bonds is 7. The number of amides is 1. The van der Waals surface area contributed by atoms with Crippen molar-refractivity contribution in [2.75, 3.05) is 19.7 Å². The van der Waals surface area contributed by atoms with E-state index < -0.39 is 0 Å². The van der Waals surface area contributed by atoms with Gasteiger partial charge in [-0.25, -0.2) is 0 Å². The van der Waals surface area contributed by atoms with Crippen LogP contribution in [0.4, 0.5) is 0 Å². The van der Waals surface area contributed by atoms with Crippen LogP contribution in [0.3, 0.4) is 0 Å². The molecule has 0 radical (unpaired) electrons. The molecule has 1 saturated heterocycles. The van der Waals surface area contributed by atoms with Crippen LogP contribution in [0.2, 0.25) is 0 Å². The second-order valence-electron chi connectivity index (χ2n) is 7.54. The molecule has 4 nitrogen and oxygen atoms in total. The van der Waals surface area contributed by atoms with Gasteiger partial charge in [0.2, 0.25) is 0 Å². The van der Waals surface area contributed by atoms with Gasteiger partial charge in [0.1, 0.15) is 5.75 Å². The van der Waals surface area contributed by atoms with Crippen LogP contribution < -0.4 is 10.1 Å². The minimum Gasteiger partial charge on any atom is -0.483 e.